The van der Waals surface area contributed by atoms with Crippen molar-refractivity contribution in [3.05, 3.63) is 35.6 Å². The minimum absolute atomic E-state index is 0.281. The highest BCUT2D eigenvalue weighted by atomic mass is 31.0. The number of halogens is 1. The summed E-state index contributed by atoms with van der Waals surface area (Å²) in [6, 6.07) is 6.47. The van der Waals surface area contributed by atoms with Crippen LogP contribution in [0.25, 0.3) is 0 Å². The first-order valence-corrected chi connectivity index (χ1v) is 4.69. The third kappa shape index (κ3) is 2.78. The molecule has 0 aliphatic rings. The second kappa shape index (κ2) is 4.93. The minimum atomic E-state index is -0.281. The van der Waals surface area contributed by atoms with E-state index >= 15 is 0 Å². The predicted octanol–water partition coefficient (Wildman–Crippen LogP) is 2.40. The van der Waals surface area contributed by atoms with Gasteiger partial charge in [-0.25, -0.2) is 4.39 Å². The summed E-state index contributed by atoms with van der Waals surface area (Å²) < 4.78 is 13.1. The average Bonchev–Trinajstić information content (AvgIpc) is 2.15. The Morgan fingerprint density at radius 1 is 1.54 bits per heavy atom. The first-order chi connectivity index (χ1) is 6.25. The summed E-state index contributed by atoms with van der Waals surface area (Å²) in [7, 11) is 2.37. The van der Waals surface area contributed by atoms with Crippen LogP contribution in [0, 0.1) is 5.82 Å². The second-order valence-electron chi connectivity index (χ2n) is 2.45. The molecule has 1 atom stereocenters. The van der Waals surface area contributed by atoms with Gasteiger partial charge in [0.05, 0.1) is 5.71 Å². The molecule has 1 unspecified atom stereocenters. The molecule has 0 heterocycles. The zero-order valence-electron chi connectivity index (χ0n) is 7.33. The van der Waals surface area contributed by atoms with Crippen molar-refractivity contribution < 1.29 is 9.23 Å². The van der Waals surface area contributed by atoms with Crippen molar-refractivity contribution in [3.8, 4) is 0 Å². The van der Waals surface area contributed by atoms with Crippen LogP contribution in [0.15, 0.2) is 29.4 Å². The van der Waals surface area contributed by atoms with E-state index in [1.54, 1.807) is 25.1 Å². The second-order valence-corrected chi connectivity index (χ2v) is 2.79. The van der Waals surface area contributed by atoms with Crippen LogP contribution in [0.1, 0.15) is 12.5 Å². The van der Waals surface area contributed by atoms with E-state index in [4.69, 9.17) is 4.84 Å². The molecule has 0 bridgehead atoms. The molecule has 0 spiro atoms. The maximum Gasteiger partial charge on any atom is 0.132 e. The molecule has 4 heteroatoms. The van der Waals surface area contributed by atoms with Crippen LogP contribution in [-0.2, 0) is 4.84 Å². The quantitative estimate of drug-likeness (QED) is 0.416. The average molecular weight is 199 g/mol. The molecule has 0 amide bonds. The lowest BCUT2D eigenvalue weighted by Crippen LogP contribution is -1.99. The zero-order valence-corrected chi connectivity index (χ0v) is 8.48. The molecule has 0 aliphatic carbocycles. The third-order valence-electron chi connectivity index (χ3n) is 1.54. The topological polar surface area (TPSA) is 21.6 Å². The van der Waals surface area contributed by atoms with Gasteiger partial charge in [-0.15, -0.1) is 0 Å². The van der Waals surface area contributed by atoms with E-state index in [2.05, 4.69) is 14.4 Å². The van der Waals surface area contributed by atoms with Crippen molar-refractivity contribution in [2.24, 2.45) is 5.16 Å². The van der Waals surface area contributed by atoms with E-state index in [0.29, 0.717) is 17.6 Å². The molecule has 0 N–H and O–H groups in total. The fraction of sp³-hybridized carbons (Fsp3) is 0.222. The molecule has 70 valence electrons. The molecule has 0 saturated heterocycles. The van der Waals surface area contributed by atoms with Gasteiger partial charge in [0.1, 0.15) is 12.2 Å². The number of hydrogen-bond acceptors (Lipinski definition) is 2. The van der Waals surface area contributed by atoms with Crippen molar-refractivity contribution in [1.29, 1.82) is 0 Å². The van der Waals surface area contributed by atoms with Gasteiger partial charge in [-0.2, -0.15) is 0 Å². The van der Waals surface area contributed by atoms with Gasteiger partial charge in [0.15, 0.2) is 0 Å². The van der Waals surface area contributed by atoms with Gasteiger partial charge in [0.25, 0.3) is 0 Å². The number of nitrogens with zero attached hydrogens (tertiary/aromatic N) is 1. The molecule has 0 saturated carbocycles. The van der Waals surface area contributed by atoms with E-state index in [1.165, 1.54) is 6.07 Å². The van der Waals surface area contributed by atoms with Gasteiger partial charge in [0.2, 0.25) is 0 Å². The van der Waals surface area contributed by atoms with Crippen molar-refractivity contribution in [2.45, 2.75) is 6.92 Å². The maximum absolute atomic E-state index is 13.1. The van der Waals surface area contributed by atoms with Crippen molar-refractivity contribution >= 4 is 15.0 Å². The van der Waals surface area contributed by atoms with Crippen LogP contribution >= 0.6 is 9.24 Å². The van der Waals surface area contributed by atoms with Crippen LogP contribution in [0.2, 0.25) is 0 Å². The smallest absolute Gasteiger partial charge is 0.132 e. The fourth-order valence-electron chi connectivity index (χ4n) is 0.938. The van der Waals surface area contributed by atoms with Gasteiger partial charge < -0.3 is 4.84 Å². The molecule has 2 nitrogen and oxygen atoms in total. The molecule has 1 aromatic rings. The van der Waals surface area contributed by atoms with Crippen LogP contribution in [0.4, 0.5) is 4.39 Å². The zero-order chi connectivity index (χ0) is 9.68. The van der Waals surface area contributed by atoms with Gasteiger partial charge in [-0.1, -0.05) is 32.6 Å². The fourth-order valence-corrected chi connectivity index (χ4v) is 1.01. The Morgan fingerprint density at radius 3 is 2.85 bits per heavy atom. The normalized spacial score (nSPS) is 11.5. The maximum atomic E-state index is 13.1. The molecule has 1 rings (SSSR count). The van der Waals surface area contributed by atoms with E-state index < -0.39 is 0 Å². The number of rotatable bonds is 3. The Bertz CT molecular complexity index is 314. The lowest BCUT2D eigenvalue weighted by molar-refractivity contribution is 0.196. The Labute approximate surface area is 79.0 Å². The van der Waals surface area contributed by atoms with Gasteiger partial charge >= 0.3 is 0 Å². The van der Waals surface area contributed by atoms with Crippen LogP contribution in [0.3, 0.4) is 0 Å². The van der Waals surface area contributed by atoms with Crippen LogP contribution in [0.5, 0.6) is 0 Å². The Balaban J connectivity index is 2.88. The first-order valence-electron chi connectivity index (χ1n) is 3.87. The molecule has 13 heavy (non-hydrogen) atoms. The van der Waals surface area contributed by atoms with Gasteiger partial charge in [-0.3, -0.25) is 0 Å². The highest BCUT2D eigenvalue weighted by Gasteiger charge is 2.03. The Kier molecular flexibility index (Phi) is 3.84. The Morgan fingerprint density at radius 2 is 2.23 bits per heavy atom. The molecule has 0 radical (unpaired) electrons. The summed E-state index contributed by atoms with van der Waals surface area (Å²) in [6.07, 6.45) is 0.409. The van der Waals surface area contributed by atoms with Crippen molar-refractivity contribution in [1.82, 2.24) is 0 Å². The molecule has 0 aliphatic heterocycles. The van der Waals surface area contributed by atoms with Gasteiger partial charge in [0, 0.05) is 5.56 Å². The largest absolute Gasteiger partial charge is 0.392 e. The highest BCUT2D eigenvalue weighted by Crippen LogP contribution is 2.07. The van der Waals surface area contributed by atoms with E-state index in [9.17, 15) is 4.39 Å². The monoisotopic (exact) mass is 199 g/mol. The highest BCUT2D eigenvalue weighted by molar-refractivity contribution is 7.16. The summed E-state index contributed by atoms with van der Waals surface area (Å²) in [5, 5.41) is 3.73. The van der Waals surface area contributed by atoms with Crippen molar-refractivity contribution in [3.63, 3.8) is 0 Å². The summed E-state index contributed by atoms with van der Waals surface area (Å²) in [4.78, 5) is 4.79. The van der Waals surface area contributed by atoms with Crippen molar-refractivity contribution in [2.75, 3.05) is 6.35 Å². The Hall–Kier alpha value is -0.950. The molecular formula is C9H11FNOP. The lowest BCUT2D eigenvalue weighted by Gasteiger charge is -2.01. The number of benzene rings is 1. The minimum Gasteiger partial charge on any atom is -0.392 e. The lowest BCUT2D eigenvalue weighted by atomic mass is 10.1. The number of hydrogen-bond donors (Lipinski definition) is 0. The predicted molar refractivity (Wildman–Crippen MR) is 54.3 cm³/mol. The number of oxime groups is 1. The van der Waals surface area contributed by atoms with Crippen LogP contribution < -0.4 is 0 Å². The molecular weight excluding hydrogens is 188 g/mol. The summed E-state index contributed by atoms with van der Waals surface area (Å²) in [5.41, 5.74) is 1.02. The summed E-state index contributed by atoms with van der Waals surface area (Å²) in [6.45, 7) is 1.71. The third-order valence-corrected chi connectivity index (χ3v) is 1.69. The molecule has 0 aromatic heterocycles. The van der Waals surface area contributed by atoms with Gasteiger partial charge in [-0.05, 0) is 13.0 Å². The van der Waals surface area contributed by atoms with E-state index in [-0.39, 0.29) is 5.82 Å². The first kappa shape index (κ1) is 10.1. The SMILES string of the molecule is C/C(=N\OCP)c1ccccc1F. The summed E-state index contributed by atoms with van der Waals surface area (Å²) >= 11 is 0. The van der Waals surface area contributed by atoms with E-state index in [0.717, 1.165) is 0 Å². The molecule has 0 fully saturated rings. The molecule has 1 aromatic carbocycles. The standard InChI is InChI=1S/C9H11FNOP/c1-7(11-12-6-13)8-4-2-3-5-9(8)10/h2-5H,6,13H2,1H3/b11-7+. The van der Waals surface area contributed by atoms with E-state index in [1.807, 2.05) is 0 Å². The van der Waals surface area contributed by atoms with Crippen LogP contribution in [-0.4, -0.2) is 12.1 Å². The summed E-state index contributed by atoms with van der Waals surface area (Å²) in [5.74, 6) is -0.281.